The normalized spacial score (nSPS) is 14.0. The molecule has 1 heterocycles. The summed E-state index contributed by atoms with van der Waals surface area (Å²) in [6.07, 6.45) is 2.35. The number of hydrogen-bond acceptors (Lipinski definition) is 3. The lowest BCUT2D eigenvalue weighted by Gasteiger charge is -2.17. The molecule has 0 aliphatic carbocycles. The molecule has 1 N–H and O–H groups in total. The number of carbonyl (C=O) groups excluding carboxylic acids is 1. The molecular formula is C18H15Cl2NO3. The number of hydrogen-bond donors (Lipinski definition) is 1. The van der Waals surface area contributed by atoms with E-state index in [0.717, 1.165) is 18.8 Å². The van der Waals surface area contributed by atoms with Crippen LogP contribution >= 0.6 is 23.2 Å². The van der Waals surface area contributed by atoms with E-state index >= 15 is 0 Å². The molecule has 0 aromatic heterocycles. The molecule has 0 atom stereocenters. The summed E-state index contributed by atoms with van der Waals surface area (Å²) in [4.78, 5) is 26.3. The maximum Gasteiger partial charge on any atom is 0.336 e. The van der Waals surface area contributed by atoms with E-state index < -0.39 is 5.97 Å². The van der Waals surface area contributed by atoms with Crippen LogP contribution in [0.4, 0.5) is 5.69 Å². The highest BCUT2D eigenvalue weighted by Crippen LogP contribution is 2.28. The minimum atomic E-state index is -1.22. The number of carboxylic acids is 1. The van der Waals surface area contributed by atoms with Gasteiger partial charge in [0.25, 0.3) is 0 Å². The molecule has 2 aromatic carbocycles. The molecule has 0 unspecified atom stereocenters. The third-order valence-electron chi connectivity index (χ3n) is 4.14. The third-order valence-corrected chi connectivity index (χ3v) is 4.86. The van der Waals surface area contributed by atoms with E-state index in [4.69, 9.17) is 23.2 Å². The van der Waals surface area contributed by atoms with Crippen LogP contribution in [-0.2, 0) is 0 Å². The standard InChI is InChI=1S/C18H15Cl2NO3/c19-15-9-13(14(18(23)24)10-16(15)20)17(22)11-3-5-12(6-4-11)21-7-1-2-8-21/h3-6,9-10H,1-2,7-8H2,(H,23,24). The average molecular weight is 364 g/mol. The number of benzene rings is 2. The minimum absolute atomic E-state index is 0.0332. The van der Waals surface area contributed by atoms with Gasteiger partial charge in [0.15, 0.2) is 5.78 Å². The largest absolute Gasteiger partial charge is 0.478 e. The number of aromatic carboxylic acids is 1. The first-order valence-electron chi connectivity index (χ1n) is 7.59. The lowest BCUT2D eigenvalue weighted by atomic mass is 9.98. The maximum atomic E-state index is 12.7. The SMILES string of the molecule is O=C(O)c1cc(Cl)c(Cl)cc1C(=O)c1ccc(N2CCCC2)cc1. The van der Waals surface area contributed by atoms with Crippen LogP contribution in [0, 0.1) is 0 Å². The van der Waals surface area contributed by atoms with Gasteiger partial charge in [-0.25, -0.2) is 4.79 Å². The van der Waals surface area contributed by atoms with Crippen LogP contribution in [0.2, 0.25) is 10.0 Å². The summed E-state index contributed by atoms with van der Waals surface area (Å²) in [5, 5.41) is 9.56. The van der Waals surface area contributed by atoms with Crippen LogP contribution in [0.5, 0.6) is 0 Å². The highest BCUT2D eigenvalue weighted by molar-refractivity contribution is 6.42. The second-order valence-electron chi connectivity index (χ2n) is 5.69. The molecule has 1 fully saturated rings. The third kappa shape index (κ3) is 3.25. The van der Waals surface area contributed by atoms with Crippen LogP contribution in [-0.4, -0.2) is 29.9 Å². The van der Waals surface area contributed by atoms with Crippen LogP contribution < -0.4 is 4.90 Å². The van der Waals surface area contributed by atoms with E-state index in [9.17, 15) is 14.7 Å². The molecule has 0 saturated carbocycles. The van der Waals surface area contributed by atoms with E-state index in [-0.39, 0.29) is 27.0 Å². The van der Waals surface area contributed by atoms with Crippen LogP contribution in [0.3, 0.4) is 0 Å². The van der Waals surface area contributed by atoms with Crippen molar-refractivity contribution in [2.45, 2.75) is 12.8 Å². The van der Waals surface area contributed by atoms with E-state index in [2.05, 4.69) is 4.90 Å². The maximum absolute atomic E-state index is 12.7. The number of carboxylic acid groups (broad SMARTS) is 1. The highest BCUT2D eigenvalue weighted by atomic mass is 35.5. The Morgan fingerprint density at radius 3 is 2.00 bits per heavy atom. The van der Waals surface area contributed by atoms with Gasteiger partial charge in [0.1, 0.15) is 0 Å². The smallest absolute Gasteiger partial charge is 0.336 e. The zero-order valence-electron chi connectivity index (χ0n) is 12.8. The lowest BCUT2D eigenvalue weighted by Crippen LogP contribution is -2.17. The monoisotopic (exact) mass is 363 g/mol. The number of ketones is 1. The Bertz CT molecular complexity index is 797. The summed E-state index contributed by atoms with van der Waals surface area (Å²) in [7, 11) is 0. The van der Waals surface area contributed by atoms with Crippen LogP contribution in [0.15, 0.2) is 36.4 Å². The van der Waals surface area contributed by atoms with Crippen molar-refractivity contribution in [2.75, 3.05) is 18.0 Å². The van der Waals surface area contributed by atoms with Gasteiger partial charge >= 0.3 is 5.97 Å². The summed E-state index contributed by atoms with van der Waals surface area (Å²) in [5.41, 5.74) is 1.36. The van der Waals surface area contributed by atoms with Crippen molar-refractivity contribution in [2.24, 2.45) is 0 Å². The number of rotatable bonds is 4. The topological polar surface area (TPSA) is 57.6 Å². The minimum Gasteiger partial charge on any atom is -0.478 e. The molecule has 0 amide bonds. The second kappa shape index (κ2) is 6.83. The van der Waals surface area contributed by atoms with Crippen molar-refractivity contribution in [1.82, 2.24) is 0 Å². The molecule has 6 heteroatoms. The quantitative estimate of drug-likeness (QED) is 0.811. The zero-order chi connectivity index (χ0) is 17.3. The molecule has 0 bridgehead atoms. The Labute approximate surface area is 149 Å². The summed E-state index contributed by atoms with van der Waals surface area (Å²) in [5.74, 6) is -1.61. The molecule has 0 radical (unpaired) electrons. The Balaban J connectivity index is 1.94. The highest BCUT2D eigenvalue weighted by Gasteiger charge is 2.21. The fourth-order valence-corrected chi connectivity index (χ4v) is 3.19. The van der Waals surface area contributed by atoms with Gasteiger partial charge in [0, 0.05) is 29.9 Å². The fourth-order valence-electron chi connectivity index (χ4n) is 2.87. The molecule has 3 rings (SSSR count). The van der Waals surface area contributed by atoms with Crippen molar-refractivity contribution in [3.63, 3.8) is 0 Å². The predicted molar refractivity (Wildman–Crippen MR) is 94.7 cm³/mol. The average Bonchev–Trinajstić information content (AvgIpc) is 3.11. The van der Waals surface area contributed by atoms with Crippen molar-refractivity contribution in [3.05, 3.63) is 63.1 Å². The number of halogens is 2. The Hall–Kier alpha value is -2.04. The number of anilines is 1. The molecule has 24 heavy (non-hydrogen) atoms. The Morgan fingerprint density at radius 2 is 1.46 bits per heavy atom. The first-order valence-corrected chi connectivity index (χ1v) is 8.35. The lowest BCUT2D eigenvalue weighted by molar-refractivity contribution is 0.0693. The van der Waals surface area contributed by atoms with Crippen LogP contribution in [0.25, 0.3) is 0 Å². The predicted octanol–water partition coefficient (Wildman–Crippen LogP) is 4.52. The van der Waals surface area contributed by atoms with E-state index in [1.54, 1.807) is 12.1 Å². The number of carbonyl (C=O) groups is 2. The molecule has 2 aromatic rings. The molecule has 1 aliphatic rings. The van der Waals surface area contributed by atoms with Crippen molar-refractivity contribution < 1.29 is 14.7 Å². The second-order valence-corrected chi connectivity index (χ2v) is 6.50. The first kappa shape index (κ1) is 16.8. The summed E-state index contributed by atoms with van der Waals surface area (Å²) < 4.78 is 0. The van der Waals surface area contributed by atoms with Gasteiger partial charge in [-0.2, -0.15) is 0 Å². The molecule has 1 aliphatic heterocycles. The molecule has 0 spiro atoms. The van der Waals surface area contributed by atoms with Gasteiger partial charge < -0.3 is 10.0 Å². The fraction of sp³-hybridized carbons (Fsp3) is 0.222. The summed E-state index contributed by atoms with van der Waals surface area (Å²) in [6, 6.07) is 9.71. The van der Waals surface area contributed by atoms with E-state index in [1.807, 2.05) is 12.1 Å². The molecular weight excluding hydrogens is 349 g/mol. The van der Waals surface area contributed by atoms with E-state index in [1.165, 1.54) is 25.0 Å². The van der Waals surface area contributed by atoms with Gasteiger partial charge in [0.2, 0.25) is 0 Å². The molecule has 124 valence electrons. The van der Waals surface area contributed by atoms with Crippen molar-refractivity contribution in [1.29, 1.82) is 0 Å². The summed E-state index contributed by atoms with van der Waals surface area (Å²) in [6.45, 7) is 2.03. The van der Waals surface area contributed by atoms with Gasteiger partial charge in [-0.1, -0.05) is 23.2 Å². The van der Waals surface area contributed by atoms with Crippen LogP contribution in [0.1, 0.15) is 39.1 Å². The summed E-state index contributed by atoms with van der Waals surface area (Å²) >= 11 is 11.8. The van der Waals surface area contributed by atoms with E-state index in [0.29, 0.717) is 5.56 Å². The van der Waals surface area contributed by atoms with Crippen molar-refractivity contribution in [3.8, 4) is 0 Å². The Kier molecular flexibility index (Phi) is 4.78. The van der Waals surface area contributed by atoms with Gasteiger partial charge in [-0.15, -0.1) is 0 Å². The van der Waals surface area contributed by atoms with Gasteiger partial charge in [-0.3, -0.25) is 4.79 Å². The molecule has 4 nitrogen and oxygen atoms in total. The van der Waals surface area contributed by atoms with Gasteiger partial charge in [0.05, 0.1) is 15.6 Å². The first-order chi connectivity index (χ1) is 11.5. The van der Waals surface area contributed by atoms with Crippen molar-refractivity contribution >= 4 is 40.6 Å². The molecule has 1 saturated heterocycles. The van der Waals surface area contributed by atoms with Gasteiger partial charge in [-0.05, 0) is 49.2 Å². The Morgan fingerprint density at radius 1 is 0.917 bits per heavy atom. The zero-order valence-corrected chi connectivity index (χ0v) is 14.3. The number of nitrogens with zero attached hydrogens (tertiary/aromatic N) is 1.